The summed E-state index contributed by atoms with van der Waals surface area (Å²) in [7, 11) is -5.89. The van der Waals surface area contributed by atoms with Crippen LogP contribution in [0.2, 0.25) is 0 Å². The van der Waals surface area contributed by atoms with Gasteiger partial charge in [-0.05, 0) is 23.6 Å². The molecule has 0 saturated heterocycles. The molecule has 0 aliphatic heterocycles. The molecule has 8 heteroatoms. The van der Waals surface area contributed by atoms with E-state index < -0.39 is 19.9 Å². The molecule has 0 spiro atoms. The summed E-state index contributed by atoms with van der Waals surface area (Å²) in [6.45, 7) is 6.03. The van der Waals surface area contributed by atoms with Crippen LogP contribution in [0.5, 0.6) is 0 Å². The van der Waals surface area contributed by atoms with Crippen molar-refractivity contribution < 1.29 is 16.8 Å². The zero-order chi connectivity index (χ0) is 16.6. The van der Waals surface area contributed by atoms with Crippen molar-refractivity contribution >= 4 is 25.5 Å². The second-order valence-corrected chi connectivity index (χ2v) is 10.3. The lowest BCUT2D eigenvalue weighted by atomic mass is 9.97. The van der Waals surface area contributed by atoms with E-state index in [2.05, 4.69) is 0 Å². The van der Waals surface area contributed by atoms with Crippen LogP contribution in [-0.4, -0.2) is 41.0 Å². The number of nitrogen functional groups attached to an aromatic ring is 1. The SMILES string of the molecule is CN(CC(C)(C)C)S(=O)(=O)c1cc(S(C)(=O)=O)ccc1N. The molecule has 0 atom stereocenters. The first kappa shape index (κ1) is 17.9. The fourth-order valence-corrected chi connectivity index (χ4v) is 4.15. The number of benzene rings is 1. The quantitative estimate of drug-likeness (QED) is 0.838. The number of rotatable bonds is 4. The van der Waals surface area contributed by atoms with Gasteiger partial charge >= 0.3 is 0 Å². The number of hydrogen-bond donors (Lipinski definition) is 1. The molecule has 0 saturated carbocycles. The average molecular weight is 334 g/mol. The van der Waals surface area contributed by atoms with Crippen LogP contribution in [0.25, 0.3) is 0 Å². The average Bonchev–Trinajstić information content (AvgIpc) is 2.25. The topological polar surface area (TPSA) is 97.5 Å². The van der Waals surface area contributed by atoms with Gasteiger partial charge in [0, 0.05) is 19.8 Å². The summed E-state index contributed by atoms with van der Waals surface area (Å²) < 4.78 is 49.5. The standard InChI is InChI=1S/C13H22N2O4S2/c1-13(2,3)9-15(4)21(18,19)12-8-10(20(5,16)17)6-7-11(12)14/h6-8H,9,14H2,1-5H3. The second kappa shape index (κ2) is 5.58. The molecule has 0 radical (unpaired) electrons. The Hall–Kier alpha value is -1.12. The molecule has 0 unspecified atom stereocenters. The van der Waals surface area contributed by atoms with Crippen molar-refractivity contribution in [2.24, 2.45) is 5.41 Å². The van der Waals surface area contributed by atoms with Crippen LogP contribution in [-0.2, 0) is 19.9 Å². The van der Waals surface area contributed by atoms with Crippen molar-refractivity contribution in [3.05, 3.63) is 18.2 Å². The predicted molar refractivity (Wildman–Crippen MR) is 83.2 cm³/mol. The summed E-state index contributed by atoms with van der Waals surface area (Å²) in [5, 5.41) is 0. The van der Waals surface area contributed by atoms with Crippen LogP contribution in [0.3, 0.4) is 0 Å². The zero-order valence-electron chi connectivity index (χ0n) is 12.9. The molecule has 0 aliphatic carbocycles. The summed E-state index contributed by atoms with van der Waals surface area (Å²) in [4.78, 5) is -0.253. The van der Waals surface area contributed by atoms with Gasteiger partial charge in [-0.1, -0.05) is 20.8 Å². The minimum Gasteiger partial charge on any atom is -0.398 e. The molecule has 2 N–H and O–H groups in total. The lowest BCUT2D eigenvalue weighted by Crippen LogP contribution is -2.35. The third-order valence-electron chi connectivity index (χ3n) is 2.80. The summed E-state index contributed by atoms with van der Waals surface area (Å²) >= 11 is 0. The van der Waals surface area contributed by atoms with Crippen molar-refractivity contribution in [3.8, 4) is 0 Å². The zero-order valence-corrected chi connectivity index (χ0v) is 14.5. The summed E-state index contributed by atoms with van der Waals surface area (Å²) in [6, 6.07) is 3.71. The maximum absolute atomic E-state index is 12.6. The van der Waals surface area contributed by atoms with Gasteiger partial charge in [0.05, 0.1) is 10.6 Å². The Morgan fingerprint density at radius 3 is 2.10 bits per heavy atom. The molecule has 21 heavy (non-hydrogen) atoms. The smallest absolute Gasteiger partial charge is 0.244 e. The Morgan fingerprint density at radius 1 is 1.14 bits per heavy atom. The molecule has 1 aromatic rings. The summed E-state index contributed by atoms with van der Waals surface area (Å²) in [6.07, 6.45) is 1.02. The van der Waals surface area contributed by atoms with E-state index in [1.165, 1.54) is 23.5 Å². The first-order chi connectivity index (χ1) is 9.25. The first-order valence-corrected chi connectivity index (χ1v) is 9.64. The van der Waals surface area contributed by atoms with E-state index in [0.29, 0.717) is 0 Å². The van der Waals surface area contributed by atoms with E-state index in [0.717, 1.165) is 12.3 Å². The third-order valence-corrected chi connectivity index (χ3v) is 5.77. The summed E-state index contributed by atoms with van der Waals surface area (Å²) in [5.41, 5.74) is 5.52. The highest BCUT2D eigenvalue weighted by molar-refractivity contribution is 7.91. The normalized spacial score (nSPS) is 13.6. The van der Waals surface area contributed by atoms with Crippen molar-refractivity contribution in [2.45, 2.75) is 30.6 Å². The monoisotopic (exact) mass is 334 g/mol. The third kappa shape index (κ3) is 4.42. The lowest BCUT2D eigenvalue weighted by molar-refractivity contribution is 0.311. The van der Waals surface area contributed by atoms with Gasteiger partial charge in [0.2, 0.25) is 10.0 Å². The highest BCUT2D eigenvalue weighted by Gasteiger charge is 2.28. The van der Waals surface area contributed by atoms with E-state index in [-0.39, 0.29) is 27.4 Å². The molecule has 0 fully saturated rings. The Balaban J connectivity index is 3.38. The highest BCUT2D eigenvalue weighted by atomic mass is 32.2. The van der Waals surface area contributed by atoms with E-state index in [9.17, 15) is 16.8 Å². The predicted octanol–water partition coefficient (Wildman–Crippen LogP) is 1.34. The van der Waals surface area contributed by atoms with Gasteiger partial charge in [-0.15, -0.1) is 0 Å². The van der Waals surface area contributed by atoms with Crippen LogP contribution < -0.4 is 5.73 Å². The van der Waals surface area contributed by atoms with E-state index in [1.54, 1.807) is 0 Å². The van der Waals surface area contributed by atoms with Crippen LogP contribution in [0, 0.1) is 5.41 Å². The molecule has 6 nitrogen and oxygen atoms in total. The van der Waals surface area contributed by atoms with Gasteiger partial charge in [0.25, 0.3) is 0 Å². The van der Waals surface area contributed by atoms with Gasteiger partial charge in [-0.3, -0.25) is 0 Å². The Morgan fingerprint density at radius 2 is 1.67 bits per heavy atom. The van der Waals surface area contributed by atoms with Crippen LogP contribution in [0.15, 0.2) is 28.0 Å². The number of nitrogens with two attached hydrogens (primary N) is 1. The van der Waals surface area contributed by atoms with Crippen molar-refractivity contribution in [1.82, 2.24) is 4.31 Å². The Kier molecular flexibility index (Phi) is 4.77. The molecule has 0 amide bonds. The lowest BCUT2D eigenvalue weighted by Gasteiger charge is -2.26. The van der Waals surface area contributed by atoms with Crippen molar-refractivity contribution in [3.63, 3.8) is 0 Å². The highest BCUT2D eigenvalue weighted by Crippen LogP contribution is 2.27. The van der Waals surface area contributed by atoms with Gasteiger partial charge in [0.15, 0.2) is 9.84 Å². The van der Waals surface area contributed by atoms with Gasteiger partial charge in [-0.25, -0.2) is 21.1 Å². The minimum atomic E-state index is -3.84. The molecular weight excluding hydrogens is 312 g/mol. The largest absolute Gasteiger partial charge is 0.398 e. The molecular formula is C13H22N2O4S2. The Labute approximate surface area is 126 Å². The molecule has 0 heterocycles. The molecule has 0 aromatic heterocycles. The van der Waals surface area contributed by atoms with E-state index in [4.69, 9.17) is 5.73 Å². The second-order valence-electron chi connectivity index (χ2n) is 6.29. The number of sulfone groups is 1. The van der Waals surface area contributed by atoms with Crippen LogP contribution in [0.4, 0.5) is 5.69 Å². The Bertz CT molecular complexity index is 732. The summed E-state index contributed by atoms with van der Waals surface area (Å²) in [5.74, 6) is 0. The number of hydrogen-bond acceptors (Lipinski definition) is 5. The van der Waals surface area contributed by atoms with Gasteiger partial charge in [-0.2, -0.15) is 0 Å². The maximum atomic E-state index is 12.6. The van der Waals surface area contributed by atoms with E-state index >= 15 is 0 Å². The fourth-order valence-electron chi connectivity index (χ4n) is 1.89. The molecule has 0 bridgehead atoms. The molecule has 1 rings (SSSR count). The number of sulfonamides is 1. The fraction of sp³-hybridized carbons (Fsp3) is 0.538. The molecule has 120 valence electrons. The first-order valence-electron chi connectivity index (χ1n) is 6.31. The van der Waals surface area contributed by atoms with E-state index in [1.807, 2.05) is 20.8 Å². The van der Waals surface area contributed by atoms with Crippen LogP contribution in [0.1, 0.15) is 20.8 Å². The van der Waals surface area contributed by atoms with Gasteiger partial charge < -0.3 is 5.73 Å². The maximum Gasteiger partial charge on any atom is 0.244 e. The van der Waals surface area contributed by atoms with Gasteiger partial charge in [0.1, 0.15) is 4.90 Å². The van der Waals surface area contributed by atoms with Crippen molar-refractivity contribution in [1.29, 1.82) is 0 Å². The number of anilines is 1. The van der Waals surface area contributed by atoms with Crippen molar-refractivity contribution in [2.75, 3.05) is 25.6 Å². The minimum absolute atomic E-state index is 0.0307. The molecule has 1 aromatic carbocycles. The van der Waals surface area contributed by atoms with Crippen LogP contribution >= 0.6 is 0 Å². The molecule has 0 aliphatic rings. The number of nitrogens with zero attached hydrogens (tertiary/aromatic N) is 1.